The number of nitrogens with zero attached hydrogens (tertiary/aromatic N) is 1. The van der Waals surface area contributed by atoms with Crippen LogP contribution in [0, 0.1) is 0 Å². The highest BCUT2D eigenvalue weighted by atomic mass is 16.3. The average molecular weight is 217 g/mol. The van der Waals surface area contributed by atoms with E-state index in [-0.39, 0.29) is 0 Å². The van der Waals surface area contributed by atoms with Crippen molar-refractivity contribution in [2.45, 2.75) is 13.0 Å². The molecule has 0 aliphatic carbocycles. The van der Waals surface area contributed by atoms with Crippen molar-refractivity contribution in [1.82, 2.24) is 15.3 Å². The summed E-state index contributed by atoms with van der Waals surface area (Å²) in [5.74, 6) is 1.30. The lowest BCUT2D eigenvalue weighted by Crippen LogP contribution is -2.17. The van der Waals surface area contributed by atoms with Gasteiger partial charge in [-0.2, -0.15) is 0 Å². The predicted molar refractivity (Wildman–Crippen MR) is 62.1 cm³/mol. The highest BCUT2D eigenvalue weighted by Crippen LogP contribution is 2.08. The maximum Gasteiger partial charge on any atom is 0.115 e. The van der Waals surface area contributed by atoms with E-state index in [0.717, 1.165) is 30.9 Å². The van der Waals surface area contributed by atoms with Crippen molar-refractivity contribution in [3.8, 4) is 5.75 Å². The van der Waals surface area contributed by atoms with E-state index in [1.807, 2.05) is 18.3 Å². The third-order valence-corrected chi connectivity index (χ3v) is 2.36. The second-order valence-electron chi connectivity index (χ2n) is 3.63. The monoisotopic (exact) mass is 217 g/mol. The van der Waals surface area contributed by atoms with Gasteiger partial charge in [0.1, 0.15) is 11.6 Å². The van der Waals surface area contributed by atoms with E-state index in [4.69, 9.17) is 5.11 Å². The lowest BCUT2D eigenvalue weighted by Gasteiger charge is -2.03. The number of nitrogens with one attached hydrogen (secondary N) is 2. The average Bonchev–Trinajstić information content (AvgIpc) is 2.80. The second-order valence-corrected chi connectivity index (χ2v) is 3.63. The van der Waals surface area contributed by atoms with Crippen LogP contribution in [-0.2, 0) is 13.0 Å². The summed E-state index contributed by atoms with van der Waals surface area (Å²) in [5, 5.41) is 12.4. The molecule has 1 aromatic heterocycles. The van der Waals surface area contributed by atoms with E-state index in [1.54, 1.807) is 18.3 Å². The number of aromatic amines is 1. The first-order valence-electron chi connectivity index (χ1n) is 5.31. The molecule has 3 N–H and O–H groups in total. The maximum atomic E-state index is 9.12. The van der Waals surface area contributed by atoms with Gasteiger partial charge < -0.3 is 15.4 Å². The Morgan fingerprint density at radius 3 is 2.75 bits per heavy atom. The fourth-order valence-corrected chi connectivity index (χ4v) is 1.49. The molecule has 84 valence electrons. The number of aromatic hydroxyl groups is 1. The SMILES string of the molecule is Oc1ccc(CNCCc2ncc[nH]2)cc1. The van der Waals surface area contributed by atoms with Crippen molar-refractivity contribution in [3.63, 3.8) is 0 Å². The Labute approximate surface area is 94.4 Å². The number of phenols is 1. The Balaban J connectivity index is 1.70. The fourth-order valence-electron chi connectivity index (χ4n) is 1.49. The molecule has 0 bridgehead atoms. The smallest absolute Gasteiger partial charge is 0.115 e. The molecule has 1 aromatic carbocycles. The molecular weight excluding hydrogens is 202 g/mol. The zero-order valence-electron chi connectivity index (χ0n) is 8.98. The quantitative estimate of drug-likeness (QED) is 0.664. The van der Waals surface area contributed by atoms with E-state index in [1.165, 1.54) is 0 Å². The van der Waals surface area contributed by atoms with Gasteiger partial charge in [0, 0.05) is 31.9 Å². The minimum Gasteiger partial charge on any atom is -0.508 e. The van der Waals surface area contributed by atoms with Gasteiger partial charge in [0.15, 0.2) is 0 Å². The van der Waals surface area contributed by atoms with Crippen LogP contribution in [0.2, 0.25) is 0 Å². The molecule has 2 rings (SSSR count). The van der Waals surface area contributed by atoms with E-state index in [0.29, 0.717) is 5.75 Å². The van der Waals surface area contributed by atoms with Crippen LogP contribution in [0.15, 0.2) is 36.7 Å². The molecule has 2 aromatic rings. The van der Waals surface area contributed by atoms with Crippen molar-refractivity contribution < 1.29 is 5.11 Å². The lowest BCUT2D eigenvalue weighted by atomic mass is 10.2. The highest BCUT2D eigenvalue weighted by molar-refractivity contribution is 5.25. The zero-order valence-corrected chi connectivity index (χ0v) is 8.98. The number of benzene rings is 1. The molecule has 0 amide bonds. The fraction of sp³-hybridized carbons (Fsp3) is 0.250. The Morgan fingerprint density at radius 2 is 2.06 bits per heavy atom. The van der Waals surface area contributed by atoms with Crippen molar-refractivity contribution in [2.75, 3.05) is 6.54 Å². The number of imidazole rings is 1. The third-order valence-electron chi connectivity index (χ3n) is 2.36. The second kappa shape index (κ2) is 5.32. The van der Waals surface area contributed by atoms with E-state index in [2.05, 4.69) is 15.3 Å². The minimum absolute atomic E-state index is 0.305. The van der Waals surface area contributed by atoms with Gasteiger partial charge in [0.2, 0.25) is 0 Å². The van der Waals surface area contributed by atoms with Gasteiger partial charge in [-0.3, -0.25) is 0 Å². The molecule has 0 aliphatic heterocycles. The molecule has 0 saturated heterocycles. The summed E-state index contributed by atoms with van der Waals surface area (Å²) >= 11 is 0. The molecule has 0 unspecified atom stereocenters. The van der Waals surface area contributed by atoms with Gasteiger partial charge >= 0.3 is 0 Å². The molecular formula is C12H15N3O. The third kappa shape index (κ3) is 3.10. The molecule has 0 radical (unpaired) electrons. The van der Waals surface area contributed by atoms with E-state index < -0.39 is 0 Å². The molecule has 4 nitrogen and oxygen atoms in total. The van der Waals surface area contributed by atoms with Gasteiger partial charge in [-0.25, -0.2) is 4.98 Å². The standard InChI is InChI=1S/C12H15N3O/c16-11-3-1-10(2-4-11)9-13-6-5-12-14-7-8-15-12/h1-4,7-8,13,16H,5-6,9H2,(H,14,15). The lowest BCUT2D eigenvalue weighted by molar-refractivity contribution is 0.475. The Morgan fingerprint density at radius 1 is 1.25 bits per heavy atom. The minimum atomic E-state index is 0.305. The van der Waals surface area contributed by atoms with E-state index >= 15 is 0 Å². The first kappa shape index (κ1) is 10.7. The molecule has 4 heteroatoms. The van der Waals surface area contributed by atoms with Gasteiger partial charge in [-0.05, 0) is 17.7 Å². The molecule has 1 heterocycles. The van der Waals surface area contributed by atoms with Gasteiger partial charge in [0.05, 0.1) is 0 Å². The molecule has 16 heavy (non-hydrogen) atoms. The molecule has 0 atom stereocenters. The van der Waals surface area contributed by atoms with Crippen molar-refractivity contribution in [1.29, 1.82) is 0 Å². The summed E-state index contributed by atoms with van der Waals surface area (Å²) in [4.78, 5) is 7.20. The maximum absolute atomic E-state index is 9.12. The van der Waals surface area contributed by atoms with Crippen LogP contribution in [0.4, 0.5) is 0 Å². The van der Waals surface area contributed by atoms with Crippen LogP contribution in [0.5, 0.6) is 5.75 Å². The Bertz CT molecular complexity index is 408. The van der Waals surface area contributed by atoms with Gasteiger partial charge in [-0.1, -0.05) is 12.1 Å². The summed E-state index contributed by atoms with van der Waals surface area (Å²) in [7, 11) is 0. The predicted octanol–water partition coefficient (Wildman–Crippen LogP) is 1.45. The van der Waals surface area contributed by atoms with Crippen LogP contribution in [0.25, 0.3) is 0 Å². The summed E-state index contributed by atoms with van der Waals surface area (Å²) in [6.07, 6.45) is 4.48. The highest BCUT2D eigenvalue weighted by Gasteiger charge is 1.95. The first-order chi connectivity index (χ1) is 7.84. The number of phenolic OH excluding ortho intramolecular Hbond substituents is 1. The van der Waals surface area contributed by atoms with Crippen LogP contribution in [-0.4, -0.2) is 21.6 Å². The normalized spacial score (nSPS) is 10.5. The first-order valence-corrected chi connectivity index (χ1v) is 5.31. The molecule has 0 fully saturated rings. The summed E-state index contributed by atoms with van der Waals surface area (Å²) in [6.45, 7) is 1.69. The summed E-state index contributed by atoms with van der Waals surface area (Å²) < 4.78 is 0. The number of hydrogen-bond donors (Lipinski definition) is 3. The van der Waals surface area contributed by atoms with Crippen molar-refractivity contribution in [2.24, 2.45) is 0 Å². The van der Waals surface area contributed by atoms with Crippen LogP contribution in [0.1, 0.15) is 11.4 Å². The Hall–Kier alpha value is -1.81. The molecule has 0 aliphatic rings. The largest absolute Gasteiger partial charge is 0.508 e. The number of hydrogen-bond acceptors (Lipinski definition) is 3. The van der Waals surface area contributed by atoms with E-state index in [9.17, 15) is 0 Å². The van der Waals surface area contributed by atoms with Crippen LogP contribution < -0.4 is 5.32 Å². The van der Waals surface area contributed by atoms with Crippen molar-refractivity contribution in [3.05, 3.63) is 48.0 Å². The summed E-state index contributed by atoms with van der Waals surface area (Å²) in [5.41, 5.74) is 1.16. The van der Waals surface area contributed by atoms with Gasteiger partial charge in [0.25, 0.3) is 0 Å². The zero-order chi connectivity index (χ0) is 11.2. The van der Waals surface area contributed by atoms with Crippen LogP contribution in [0.3, 0.4) is 0 Å². The molecule has 0 saturated carbocycles. The van der Waals surface area contributed by atoms with Gasteiger partial charge in [-0.15, -0.1) is 0 Å². The summed E-state index contributed by atoms with van der Waals surface area (Å²) in [6, 6.07) is 7.22. The number of aromatic nitrogens is 2. The van der Waals surface area contributed by atoms with Crippen molar-refractivity contribution >= 4 is 0 Å². The number of rotatable bonds is 5. The van der Waals surface area contributed by atoms with Crippen LogP contribution >= 0.6 is 0 Å². The Kier molecular flexibility index (Phi) is 3.56. The topological polar surface area (TPSA) is 60.9 Å². The number of H-pyrrole nitrogens is 1. The molecule has 0 spiro atoms.